The molecule has 0 bridgehead atoms. The predicted molar refractivity (Wildman–Crippen MR) is 66.9 cm³/mol. The predicted octanol–water partition coefficient (Wildman–Crippen LogP) is 2.98. The molecule has 2 rings (SSSR count). The van der Waals surface area contributed by atoms with Gasteiger partial charge in [0.1, 0.15) is 5.75 Å². The van der Waals surface area contributed by atoms with Crippen LogP contribution in [0.25, 0.3) is 0 Å². The first-order valence-corrected chi connectivity index (χ1v) is 6.17. The molecule has 1 aliphatic carbocycles. The average Bonchev–Trinajstić information content (AvgIpc) is 2.51. The van der Waals surface area contributed by atoms with Gasteiger partial charge in [-0.1, -0.05) is 12.5 Å². The fraction of sp³-hybridized carbons (Fsp3) is 0.571. The van der Waals surface area contributed by atoms with Crippen LogP contribution in [0.3, 0.4) is 0 Å². The lowest BCUT2D eigenvalue weighted by Crippen LogP contribution is -2.08. The SMILES string of the molecule is COc1cc2c(cc1C(C)N)CCCCC2. The van der Waals surface area contributed by atoms with Gasteiger partial charge in [-0.3, -0.25) is 0 Å². The fourth-order valence-electron chi connectivity index (χ4n) is 2.49. The lowest BCUT2D eigenvalue weighted by molar-refractivity contribution is 0.406. The molecule has 1 aliphatic rings. The molecular weight excluding hydrogens is 198 g/mol. The highest BCUT2D eigenvalue weighted by molar-refractivity contribution is 5.44. The number of hydrogen-bond donors (Lipinski definition) is 1. The van der Waals surface area contributed by atoms with Gasteiger partial charge in [0.15, 0.2) is 0 Å². The molecule has 0 aliphatic heterocycles. The van der Waals surface area contributed by atoms with Crippen LogP contribution in [0.2, 0.25) is 0 Å². The van der Waals surface area contributed by atoms with E-state index in [1.807, 2.05) is 6.92 Å². The van der Waals surface area contributed by atoms with Crippen molar-refractivity contribution >= 4 is 0 Å². The molecule has 0 amide bonds. The van der Waals surface area contributed by atoms with Crippen LogP contribution in [0.1, 0.15) is 48.9 Å². The van der Waals surface area contributed by atoms with Crippen LogP contribution < -0.4 is 10.5 Å². The summed E-state index contributed by atoms with van der Waals surface area (Å²) in [6.45, 7) is 2.01. The van der Waals surface area contributed by atoms with Crippen LogP contribution in [0.5, 0.6) is 5.75 Å². The summed E-state index contributed by atoms with van der Waals surface area (Å²) in [4.78, 5) is 0. The minimum absolute atomic E-state index is 0.0449. The number of fused-ring (bicyclic) bond motifs is 1. The topological polar surface area (TPSA) is 35.2 Å². The molecule has 2 nitrogen and oxygen atoms in total. The molecule has 88 valence electrons. The van der Waals surface area contributed by atoms with Crippen molar-refractivity contribution in [2.24, 2.45) is 5.73 Å². The minimum atomic E-state index is 0.0449. The average molecular weight is 219 g/mol. The number of nitrogens with two attached hydrogens (primary N) is 1. The monoisotopic (exact) mass is 219 g/mol. The Bertz CT molecular complexity index is 371. The van der Waals surface area contributed by atoms with Gasteiger partial charge in [-0.2, -0.15) is 0 Å². The van der Waals surface area contributed by atoms with E-state index in [0.717, 1.165) is 11.3 Å². The number of aryl methyl sites for hydroxylation is 2. The minimum Gasteiger partial charge on any atom is -0.496 e. The summed E-state index contributed by atoms with van der Waals surface area (Å²) >= 11 is 0. The van der Waals surface area contributed by atoms with Gasteiger partial charge in [0, 0.05) is 11.6 Å². The Kier molecular flexibility index (Phi) is 3.49. The Balaban J connectivity index is 2.44. The highest BCUT2D eigenvalue weighted by Crippen LogP contribution is 2.31. The molecule has 2 N–H and O–H groups in total. The summed E-state index contributed by atoms with van der Waals surface area (Å²) in [5.41, 5.74) is 10.1. The largest absolute Gasteiger partial charge is 0.496 e. The Hall–Kier alpha value is -1.02. The summed E-state index contributed by atoms with van der Waals surface area (Å²) in [5.74, 6) is 0.954. The van der Waals surface area contributed by atoms with Crippen LogP contribution >= 0.6 is 0 Å². The maximum Gasteiger partial charge on any atom is 0.123 e. The molecule has 16 heavy (non-hydrogen) atoms. The van der Waals surface area contributed by atoms with Crippen LogP contribution in [0.15, 0.2) is 12.1 Å². The third-order valence-electron chi connectivity index (χ3n) is 3.43. The lowest BCUT2D eigenvalue weighted by Gasteiger charge is -2.16. The standard InChI is InChI=1S/C14H21NO/c1-10(15)13-8-11-6-4-3-5-7-12(11)9-14(13)16-2/h8-10H,3-7,15H2,1-2H3. The zero-order valence-electron chi connectivity index (χ0n) is 10.3. The number of methoxy groups -OCH3 is 1. The second-order valence-corrected chi connectivity index (χ2v) is 4.71. The zero-order valence-corrected chi connectivity index (χ0v) is 10.3. The van der Waals surface area contributed by atoms with Gasteiger partial charge in [0.2, 0.25) is 0 Å². The smallest absolute Gasteiger partial charge is 0.123 e. The summed E-state index contributed by atoms with van der Waals surface area (Å²) < 4.78 is 5.43. The van der Waals surface area contributed by atoms with Crippen LogP contribution in [-0.2, 0) is 12.8 Å². The molecule has 0 radical (unpaired) electrons. The molecule has 1 aromatic carbocycles. The van der Waals surface area contributed by atoms with Crippen molar-refractivity contribution in [2.45, 2.75) is 45.1 Å². The molecular formula is C14H21NO. The first-order valence-electron chi connectivity index (χ1n) is 6.17. The van der Waals surface area contributed by atoms with Crippen molar-refractivity contribution < 1.29 is 4.74 Å². The first kappa shape index (κ1) is 11.5. The summed E-state index contributed by atoms with van der Waals surface area (Å²) in [5, 5.41) is 0. The van der Waals surface area contributed by atoms with E-state index in [1.54, 1.807) is 7.11 Å². The second kappa shape index (κ2) is 4.88. The zero-order chi connectivity index (χ0) is 11.5. The van der Waals surface area contributed by atoms with E-state index < -0.39 is 0 Å². The van der Waals surface area contributed by atoms with E-state index in [0.29, 0.717) is 0 Å². The van der Waals surface area contributed by atoms with Crippen LogP contribution in [0.4, 0.5) is 0 Å². The highest BCUT2D eigenvalue weighted by Gasteiger charge is 2.14. The van der Waals surface area contributed by atoms with Gasteiger partial charge in [-0.25, -0.2) is 0 Å². The third kappa shape index (κ3) is 2.22. The Labute approximate surface area is 97.8 Å². The van der Waals surface area contributed by atoms with Crippen LogP contribution in [-0.4, -0.2) is 7.11 Å². The quantitative estimate of drug-likeness (QED) is 0.776. The summed E-state index contributed by atoms with van der Waals surface area (Å²) in [6.07, 6.45) is 6.32. The van der Waals surface area contributed by atoms with Crippen molar-refractivity contribution in [2.75, 3.05) is 7.11 Å². The van der Waals surface area contributed by atoms with E-state index >= 15 is 0 Å². The Morgan fingerprint density at radius 3 is 2.31 bits per heavy atom. The van der Waals surface area contributed by atoms with Gasteiger partial charge in [0.25, 0.3) is 0 Å². The molecule has 0 heterocycles. The third-order valence-corrected chi connectivity index (χ3v) is 3.43. The summed E-state index contributed by atoms with van der Waals surface area (Å²) in [7, 11) is 1.73. The van der Waals surface area contributed by atoms with Gasteiger partial charge in [0.05, 0.1) is 7.11 Å². The van der Waals surface area contributed by atoms with Crippen molar-refractivity contribution in [3.8, 4) is 5.75 Å². The molecule has 0 fully saturated rings. The van der Waals surface area contributed by atoms with E-state index in [4.69, 9.17) is 10.5 Å². The number of ether oxygens (including phenoxy) is 1. The molecule has 0 saturated heterocycles. The van der Waals surface area contributed by atoms with E-state index in [1.165, 1.54) is 43.2 Å². The Morgan fingerprint density at radius 1 is 1.12 bits per heavy atom. The van der Waals surface area contributed by atoms with Crippen molar-refractivity contribution in [1.82, 2.24) is 0 Å². The first-order chi connectivity index (χ1) is 7.72. The number of benzene rings is 1. The van der Waals surface area contributed by atoms with Gasteiger partial charge < -0.3 is 10.5 Å². The van der Waals surface area contributed by atoms with Gasteiger partial charge in [-0.15, -0.1) is 0 Å². The molecule has 2 heteroatoms. The number of rotatable bonds is 2. The van der Waals surface area contributed by atoms with E-state index in [-0.39, 0.29) is 6.04 Å². The van der Waals surface area contributed by atoms with Crippen molar-refractivity contribution in [3.63, 3.8) is 0 Å². The van der Waals surface area contributed by atoms with Crippen molar-refractivity contribution in [1.29, 1.82) is 0 Å². The van der Waals surface area contributed by atoms with Crippen LogP contribution in [0, 0.1) is 0 Å². The summed E-state index contributed by atoms with van der Waals surface area (Å²) in [6, 6.07) is 4.49. The molecule has 1 atom stereocenters. The molecule has 1 unspecified atom stereocenters. The maximum absolute atomic E-state index is 5.98. The highest BCUT2D eigenvalue weighted by atomic mass is 16.5. The molecule has 0 aromatic heterocycles. The maximum atomic E-state index is 5.98. The normalized spacial score (nSPS) is 17.4. The van der Waals surface area contributed by atoms with Gasteiger partial charge in [-0.05, 0) is 49.8 Å². The molecule has 1 aromatic rings. The van der Waals surface area contributed by atoms with Gasteiger partial charge >= 0.3 is 0 Å². The fourth-order valence-corrected chi connectivity index (χ4v) is 2.49. The molecule has 0 spiro atoms. The Morgan fingerprint density at radius 2 is 1.75 bits per heavy atom. The number of hydrogen-bond acceptors (Lipinski definition) is 2. The second-order valence-electron chi connectivity index (χ2n) is 4.71. The molecule has 0 saturated carbocycles. The van der Waals surface area contributed by atoms with E-state index in [2.05, 4.69) is 12.1 Å². The lowest BCUT2D eigenvalue weighted by atomic mass is 9.96. The van der Waals surface area contributed by atoms with E-state index in [9.17, 15) is 0 Å². The van der Waals surface area contributed by atoms with Crippen molar-refractivity contribution in [3.05, 3.63) is 28.8 Å².